The van der Waals surface area contributed by atoms with E-state index in [0.717, 1.165) is 31.1 Å². The van der Waals surface area contributed by atoms with E-state index >= 15 is 0 Å². The monoisotopic (exact) mass is 238 g/mol. The molecule has 0 fully saturated rings. The zero-order valence-corrected chi connectivity index (χ0v) is 10.3. The topological polar surface area (TPSA) is 47.9 Å². The average molecular weight is 238 g/mol. The molecule has 1 N–H and O–H groups in total. The summed E-state index contributed by atoms with van der Waals surface area (Å²) in [6.45, 7) is 3.72. The summed E-state index contributed by atoms with van der Waals surface area (Å²) in [4.78, 5) is 0. The molecule has 92 valence electrons. The fourth-order valence-corrected chi connectivity index (χ4v) is 1.53. The van der Waals surface area contributed by atoms with Gasteiger partial charge in [-0.05, 0) is 6.42 Å². The second kappa shape index (κ2) is 14.2. The Morgan fingerprint density at radius 3 is 2.20 bits per heavy atom. The van der Waals surface area contributed by atoms with Crippen molar-refractivity contribution in [2.24, 2.45) is 0 Å². The number of methoxy groups -OCH3 is 1. The number of hydrogen-bond acceptors (Lipinski definition) is 5. The van der Waals surface area contributed by atoms with Gasteiger partial charge in [-0.2, -0.15) is 11.8 Å². The molecule has 0 spiro atoms. The predicted molar refractivity (Wildman–Crippen MR) is 62.5 cm³/mol. The summed E-state index contributed by atoms with van der Waals surface area (Å²) in [5, 5.41) is 8.50. The Morgan fingerprint density at radius 2 is 1.60 bits per heavy atom. The van der Waals surface area contributed by atoms with Gasteiger partial charge in [-0.1, -0.05) is 0 Å². The van der Waals surface area contributed by atoms with E-state index in [1.807, 2.05) is 11.8 Å². The van der Waals surface area contributed by atoms with E-state index in [4.69, 9.17) is 19.3 Å². The molecule has 0 aliphatic heterocycles. The van der Waals surface area contributed by atoms with E-state index in [2.05, 4.69) is 0 Å². The summed E-state index contributed by atoms with van der Waals surface area (Å²) in [6, 6.07) is 0. The second-order valence-electron chi connectivity index (χ2n) is 2.91. The van der Waals surface area contributed by atoms with Crippen molar-refractivity contribution >= 4 is 11.8 Å². The maximum Gasteiger partial charge on any atom is 0.0700 e. The highest BCUT2D eigenvalue weighted by molar-refractivity contribution is 7.99. The molecule has 0 rings (SSSR count). The van der Waals surface area contributed by atoms with Crippen LogP contribution in [0.25, 0.3) is 0 Å². The third kappa shape index (κ3) is 14.2. The zero-order valence-electron chi connectivity index (χ0n) is 9.44. The first-order valence-electron chi connectivity index (χ1n) is 5.25. The molecule has 5 heteroatoms. The minimum atomic E-state index is 0.209. The van der Waals surface area contributed by atoms with Gasteiger partial charge in [0.05, 0.1) is 26.4 Å². The first-order chi connectivity index (χ1) is 7.41. The molecule has 0 saturated carbocycles. The van der Waals surface area contributed by atoms with E-state index in [-0.39, 0.29) is 6.61 Å². The van der Waals surface area contributed by atoms with Gasteiger partial charge >= 0.3 is 0 Å². The summed E-state index contributed by atoms with van der Waals surface area (Å²) >= 11 is 1.82. The standard InChI is InChI=1S/C10H22O4S/c1-12-5-6-14-8-10-15-9-7-13-4-2-3-11/h11H,2-10H2,1H3. The lowest BCUT2D eigenvalue weighted by molar-refractivity contribution is 0.0789. The van der Waals surface area contributed by atoms with Gasteiger partial charge in [0.1, 0.15) is 0 Å². The molecule has 0 amide bonds. The number of aliphatic hydroxyl groups excluding tert-OH is 1. The smallest absolute Gasteiger partial charge is 0.0700 e. The van der Waals surface area contributed by atoms with Crippen molar-refractivity contribution in [1.29, 1.82) is 0 Å². The van der Waals surface area contributed by atoms with Crippen LogP contribution in [0.4, 0.5) is 0 Å². The molecular formula is C10H22O4S. The first kappa shape index (κ1) is 15.2. The van der Waals surface area contributed by atoms with Crippen molar-refractivity contribution in [2.45, 2.75) is 6.42 Å². The average Bonchev–Trinajstić information content (AvgIpc) is 2.26. The van der Waals surface area contributed by atoms with Gasteiger partial charge < -0.3 is 19.3 Å². The number of thioether (sulfide) groups is 1. The third-order valence-corrected chi connectivity index (χ3v) is 2.53. The quantitative estimate of drug-likeness (QED) is 0.509. The van der Waals surface area contributed by atoms with E-state index in [9.17, 15) is 0 Å². The molecule has 0 radical (unpaired) electrons. The molecule has 15 heavy (non-hydrogen) atoms. The largest absolute Gasteiger partial charge is 0.396 e. The summed E-state index contributed by atoms with van der Waals surface area (Å²) in [7, 11) is 1.67. The number of ether oxygens (including phenoxy) is 3. The molecule has 0 aliphatic carbocycles. The Balaban J connectivity index is 2.81. The highest BCUT2D eigenvalue weighted by Gasteiger charge is 1.91. The highest BCUT2D eigenvalue weighted by Crippen LogP contribution is 1.99. The van der Waals surface area contributed by atoms with Crippen LogP contribution in [0.5, 0.6) is 0 Å². The van der Waals surface area contributed by atoms with Crippen LogP contribution in [0.3, 0.4) is 0 Å². The van der Waals surface area contributed by atoms with Crippen molar-refractivity contribution in [1.82, 2.24) is 0 Å². The van der Waals surface area contributed by atoms with E-state index < -0.39 is 0 Å². The Morgan fingerprint density at radius 1 is 0.933 bits per heavy atom. The van der Waals surface area contributed by atoms with Gasteiger partial charge in [-0.25, -0.2) is 0 Å². The van der Waals surface area contributed by atoms with Crippen LogP contribution in [0.15, 0.2) is 0 Å². The van der Waals surface area contributed by atoms with Gasteiger partial charge in [0.2, 0.25) is 0 Å². The van der Waals surface area contributed by atoms with Gasteiger partial charge in [0.15, 0.2) is 0 Å². The number of aliphatic hydroxyl groups is 1. The van der Waals surface area contributed by atoms with Crippen molar-refractivity contribution in [3.63, 3.8) is 0 Å². The molecule has 0 aliphatic rings. The fraction of sp³-hybridized carbons (Fsp3) is 1.00. The van der Waals surface area contributed by atoms with Gasteiger partial charge in [-0.3, -0.25) is 0 Å². The Hall–Kier alpha value is 0.190. The SMILES string of the molecule is COCCOCCSCCOCCCO. The Kier molecular flexibility index (Phi) is 14.4. The van der Waals surface area contributed by atoms with Gasteiger partial charge in [-0.15, -0.1) is 0 Å². The van der Waals surface area contributed by atoms with Crippen LogP contribution in [-0.2, 0) is 14.2 Å². The lowest BCUT2D eigenvalue weighted by Gasteiger charge is -2.04. The lowest BCUT2D eigenvalue weighted by Crippen LogP contribution is -2.06. The summed E-state index contributed by atoms with van der Waals surface area (Å²) < 4.78 is 15.4. The van der Waals surface area contributed by atoms with Crippen LogP contribution in [0.1, 0.15) is 6.42 Å². The van der Waals surface area contributed by atoms with Crippen LogP contribution >= 0.6 is 11.8 Å². The van der Waals surface area contributed by atoms with Crippen LogP contribution < -0.4 is 0 Å². The van der Waals surface area contributed by atoms with E-state index in [1.54, 1.807) is 7.11 Å². The van der Waals surface area contributed by atoms with Crippen LogP contribution in [0.2, 0.25) is 0 Å². The van der Waals surface area contributed by atoms with Crippen LogP contribution in [0, 0.1) is 0 Å². The molecule has 0 bridgehead atoms. The minimum absolute atomic E-state index is 0.209. The molecule has 0 aromatic rings. The zero-order chi connectivity index (χ0) is 11.2. The number of rotatable bonds is 12. The predicted octanol–water partition coefficient (Wildman–Crippen LogP) is 0.782. The second-order valence-corrected chi connectivity index (χ2v) is 4.13. The first-order valence-corrected chi connectivity index (χ1v) is 6.40. The van der Waals surface area contributed by atoms with E-state index in [0.29, 0.717) is 19.8 Å². The molecule has 0 saturated heterocycles. The molecular weight excluding hydrogens is 216 g/mol. The van der Waals surface area contributed by atoms with E-state index in [1.165, 1.54) is 0 Å². The van der Waals surface area contributed by atoms with Crippen molar-refractivity contribution in [3.05, 3.63) is 0 Å². The van der Waals surface area contributed by atoms with Gasteiger partial charge in [0, 0.05) is 31.8 Å². The van der Waals surface area contributed by atoms with Gasteiger partial charge in [0.25, 0.3) is 0 Å². The molecule has 0 atom stereocenters. The normalized spacial score (nSPS) is 10.8. The minimum Gasteiger partial charge on any atom is -0.396 e. The van der Waals surface area contributed by atoms with Crippen molar-refractivity contribution in [3.8, 4) is 0 Å². The van der Waals surface area contributed by atoms with Crippen LogP contribution in [-0.4, -0.2) is 63.4 Å². The molecule has 4 nitrogen and oxygen atoms in total. The number of hydrogen-bond donors (Lipinski definition) is 1. The summed E-state index contributed by atoms with van der Waals surface area (Å²) in [5.41, 5.74) is 0. The molecule has 0 aromatic heterocycles. The lowest BCUT2D eigenvalue weighted by atomic mass is 10.5. The van der Waals surface area contributed by atoms with Crippen molar-refractivity contribution in [2.75, 3.05) is 58.3 Å². The Bertz CT molecular complexity index is 102. The maximum absolute atomic E-state index is 8.50. The van der Waals surface area contributed by atoms with Crippen molar-refractivity contribution < 1.29 is 19.3 Å². The highest BCUT2D eigenvalue weighted by atomic mass is 32.2. The molecule has 0 unspecified atom stereocenters. The third-order valence-electron chi connectivity index (χ3n) is 1.62. The summed E-state index contributed by atoms with van der Waals surface area (Å²) in [6.07, 6.45) is 0.727. The maximum atomic E-state index is 8.50. The fourth-order valence-electron chi connectivity index (χ4n) is 0.851. The molecule has 0 heterocycles. The summed E-state index contributed by atoms with van der Waals surface area (Å²) in [5.74, 6) is 1.98. The molecule has 0 aromatic carbocycles. The Labute approximate surface area is 96.3 Å².